The minimum atomic E-state index is 0.161. The lowest BCUT2D eigenvalue weighted by Crippen LogP contribution is -2.03. The molecule has 0 aliphatic heterocycles. The van der Waals surface area contributed by atoms with Gasteiger partial charge in [0.1, 0.15) is 0 Å². The predicted molar refractivity (Wildman–Crippen MR) is 55.8 cm³/mol. The third kappa shape index (κ3) is 3.16. The van der Waals surface area contributed by atoms with Crippen LogP contribution in [0.2, 0.25) is 0 Å². The van der Waals surface area contributed by atoms with Gasteiger partial charge >= 0.3 is 0 Å². The Balaban J connectivity index is 2.71. The molecule has 1 aliphatic rings. The van der Waals surface area contributed by atoms with Crippen molar-refractivity contribution in [2.45, 2.75) is 25.4 Å². The van der Waals surface area contributed by atoms with E-state index in [4.69, 9.17) is 5.73 Å². The average Bonchev–Trinajstić information content (AvgIpc) is 2.32. The van der Waals surface area contributed by atoms with Gasteiger partial charge in [-0.3, -0.25) is 4.57 Å². The SMILES string of the molecule is CC(CC1=C(N)C=CC=CC1)P=O. The fourth-order valence-corrected chi connectivity index (χ4v) is 1.57. The summed E-state index contributed by atoms with van der Waals surface area (Å²) >= 11 is 0. The highest BCUT2D eigenvalue weighted by atomic mass is 31.1. The Hall–Kier alpha value is -0.880. The van der Waals surface area contributed by atoms with Crippen molar-refractivity contribution in [3.05, 3.63) is 35.6 Å². The number of hydrogen-bond acceptors (Lipinski definition) is 2. The van der Waals surface area contributed by atoms with Crippen molar-refractivity contribution in [1.29, 1.82) is 0 Å². The minimum absolute atomic E-state index is 0.161. The lowest BCUT2D eigenvalue weighted by atomic mass is 10.1. The molecule has 0 amide bonds. The Kier molecular flexibility index (Phi) is 3.91. The summed E-state index contributed by atoms with van der Waals surface area (Å²) in [6, 6.07) is 0. The molecule has 0 heterocycles. The van der Waals surface area contributed by atoms with E-state index in [0.717, 1.165) is 18.5 Å². The fourth-order valence-electron chi connectivity index (χ4n) is 1.28. The summed E-state index contributed by atoms with van der Waals surface area (Å²) in [5, 5.41) is 0. The first kappa shape index (κ1) is 10.2. The number of nitrogens with two attached hydrogens (primary N) is 1. The van der Waals surface area contributed by atoms with Gasteiger partial charge in [-0.2, -0.15) is 0 Å². The van der Waals surface area contributed by atoms with Crippen LogP contribution in [0.1, 0.15) is 19.8 Å². The fraction of sp³-hybridized carbons (Fsp3) is 0.400. The van der Waals surface area contributed by atoms with Crippen LogP contribution in [-0.2, 0) is 4.57 Å². The van der Waals surface area contributed by atoms with Crippen LogP contribution in [0.4, 0.5) is 0 Å². The minimum Gasteiger partial charge on any atom is -0.399 e. The molecule has 13 heavy (non-hydrogen) atoms. The zero-order valence-corrected chi connectivity index (χ0v) is 8.63. The Morgan fingerprint density at radius 1 is 1.62 bits per heavy atom. The largest absolute Gasteiger partial charge is 0.399 e. The van der Waals surface area contributed by atoms with Crippen LogP contribution in [0.15, 0.2) is 35.6 Å². The van der Waals surface area contributed by atoms with E-state index in [0.29, 0.717) is 0 Å². The van der Waals surface area contributed by atoms with Gasteiger partial charge in [0.25, 0.3) is 0 Å². The van der Waals surface area contributed by atoms with E-state index in [1.165, 1.54) is 5.57 Å². The molecule has 0 bridgehead atoms. The molecule has 0 radical (unpaired) electrons. The molecule has 0 aromatic carbocycles. The molecule has 2 N–H and O–H groups in total. The van der Waals surface area contributed by atoms with Gasteiger partial charge in [-0.25, -0.2) is 0 Å². The Morgan fingerprint density at radius 2 is 2.38 bits per heavy atom. The summed E-state index contributed by atoms with van der Waals surface area (Å²) in [4.78, 5) is 0. The highest BCUT2D eigenvalue weighted by Gasteiger charge is 2.07. The van der Waals surface area contributed by atoms with Crippen molar-refractivity contribution in [2.75, 3.05) is 0 Å². The summed E-state index contributed by atoms with van der Waals surface area (Å²) in [6.07, 6.45) is 9.57. The molecule has 0 saturated heterocycles. The quantitative estimate of drug-likeness (QED) is 0.703. The van der Waals surface area contributed by atoms with E-state index >= 15 is 0 Å². The van der Waals surface area contributed by atoms with E-state index in [2.05, 4.69) is 6.08 Å². The molecule has 0 aromatic heterocycles. The first-order valence-corrected chi connectivity index (χ1v) is 5.25. The van der Waals surface area contributed by atoms with Crippen LogP contribution < -0.4 is 5.73 Å². The average molecular weight is 195 g/mol. The molecule has 1 aliphatic carbocycles. The maximum absolute atomic E-state index is 10.6. The second-order valence-electron chi connectivity index (χ2n) is 3.21. The first-order valence-electron chi connectivity index (χ1n) is 4.37. The van der Waals surface area contributed by atoms with E-state index in [-0.39, 0.29) is 14.1 Å². The maximum atomic E-state index is 10.6. The molecule has 0 spiro atoms. The lowest BCUT2D eigenvalue weighted by molar-refractivity contribution is 0.591. The zero-order valence-electron chi connectivity index (χ0n) is 7.73. The van der Waals surface area contributed by atoms with Gasteiger partial charge in [0.2, 0.25) is 0 Å². The van der Waals surface area contributed by atoms with Crippen molar-refractivity contribution < 1.29 is 4.57 Å². The Morgan fingerprint density at radius 3 is 3.08 bits per heavy atom. The molecule has 0 fully saturated rings. The maximum Gasteiger partial charge on any atom is 0.158 e. The van der Waals surface area contributed by atoms with Crippen LogP contribution in [0, 0.1) is 0 Å². The van der Waals surface area contributed by atoms with E-state index in [1.807, 2.05) is 25.2 Å². The number of hydrogen-bond donors (Lipinski definition) is 1. The van der Waals surface area contributed by atoms with E-state index < -0.39 is 0 Å². The van der Waals surface area contributed by atoms with Crippen molar-refractivity contribution in [3.8, 4) is 0 Å². The van der Waals surface area contributed by atoms with Gasteiger partial charge in [0.15, 0.2) is 8.46 Å². The zero-order chi connectivity index (χ0) is 9.68. The van der Waals surface area contributed by atoms with Crippen molar-refractivity contribution in [2.24, 2.45) is 5.73 Å². The van der Waals surface area contributed by atoms with Gasteiger partial charge in [-0.1, -0.05) is 25.2 Å². The topological polar surface area (TPSA) is 43.1 Å². The monoisotopic (exact) mass is 195 g/mol. The molecule has 1 unspecified atom stereocenters. The molecule has 2 nitrogen and oxygen atoms in total. The summed E-state index contributed by atoms with van der Waals surface area (Å²) in [7, 11) is 0.197. The summed E-state index contributed by atoms with van der Waals surface area (Å²) in [6.45, 7) is 1.95. The normalized spacial score (nSPS) is 19.2. The molecule has 70 valence electrons. The second kappa shape index (κ2) is 4.98. The van der Waals surface area contributed by atoms with Crippen LogP contribution in [0.25, 0.3) is 0 Å². The lowest BCUT2D eigenvalue weighted by Gasteiger charge is -2.07. The van der Waals surface area contributed by atoms with Crippen LogP contribution in [-0.4, -0.2) is 5.66 Å². The van der Waals surface area contributed by atoms with Gasteiger partial charge in [0, 0.05) is 11.4 Å². The molecular weight excluding hydrogens is 181 g/mol. The molecule has 1 atom stereocenters. The predicted octanol–water partition coefficient (Wildman–Crippen LogP) is 2.79. The standard InChI is InChI=1S/C10H14NOP/c1-8(13-12)7-9-5-3-2-4-6-10(9)11/h2-4,6,8H,5,7,11H2,1H3. The Labute approximate surface area is 80.4 Å². The van der Waals surface area contributed by atoms with Gasteiger partial charge in [0.05, 0.1) is 0 Å². The van der Waals surface area contributed by atoms with Crippen LogP contribution >= 0.6 is 8.46 Å². The molecule has 3 heteroatoms. The summed E-state index contributed by atoms with van der Waals surface area (Å²) in [5.74, 6) is 0. The highest BCUT2D eigenvalue weighted by molar-refractivity contribution is 7.24. The van der Waals surface area contributed by atoms with Gasteiger partial charge in [-0.05, 0) is 24.5 Å². The number of allylic oxidation sites excluding steroid dienone is 5. The molecule has 1 rings (SSSR count). The summed E-state index contributed by atoms with van der Waals surface area (Å²) < 4.78 is 10.6. The number of rotatable bonds is 3. The Bertz CT molecular complexity index is 279. The van der Waals surface area contributed by atoms with Crippen molar-refractivity contribution >= 4 is 8.46 Å². The molecule has 0 aromatic rings. The molecular formula is C10H14NOP. The summed E-state index contributed by atoms with van der Waals surface area (Å²) in [5.41, 5.74) is 7.99. The van der Waals surface area contributed by atoms with Gasteiger partial charge in [-0.15, -0.1) is 0 Å². The first-order chi connectivity index (χ1) is 6.24. The van der Waals surface area contributed by atoms with E-state index in [9.17, 15) is 4.57 Å². The van der Waals surface area contributed by atoms with Crippen molar-refractivity contribution in [1.82, 2.24) is 0 Å². The third-order valence-corrected chi connectivity index (χ3v) is 2.56. The van der Waals surface area contributed by atoms with Crippen LogP contribution in [0.3, 0.4) is 0 Å². The second-order valence-corrected chi connectivity index (χ2v) is 4.30. The van der Waals surface area contributed by atoms with Gasteiger partial charge < -0.3 is 5.73 Å². The van der Waals surface area contributed by atoms with Crippen molar-refractivity contribution in [3.63, 3.8) is 0 Å². The van der Waals surface area contributed by atoms with Crippen LogP contribution in [0.5, 0.6) is 0 Å². The highest BCUT2D eigenvalue weighted by Crippen LogP contribution is 2.22. The van der Waals surface area contributed by atoms with E-state index in [1.54, 1.807) is 0 Å². The smallest absolute Gasteiger partial charge is 0.158 e. The molecule has 0 saturated carbocycles. The third-order valence-electron chi connectivity index (χ3n) is 2.02.